The van der Waals surface area contributed by atoms with E-state index in [1.807, 2.05) is 24.4 Å². The zero-order valence-electron chi connectivity index (χ0n) is 15.4. The number of benzene rings is 2. The Bertz CT molecular complexity index is 972. The number of aromatic nitrogens is 1. The van der Waals surface area contributed by atoms with E-state index in [0.29, 0.717) is 18.7 Å². The van der Waals surface area contributed by atoms with E-state index in [1.165, 1.54) is 24.3 Å². The molecule has 0 saturated carbocycles. The molecule has 29 heavy (non-hydrogen) atoms. The van der Waals surface area contributed by atoms with Crippen molar-refractivity contribution in [1.82, 2.24) is 4.98 Å². The Morgan fingerprint density at radius 2 is 1.90 bits per heavy atom. The molecule has 0 aliphatic heterocycles. The van der Waals surface area contributed by atoms with Crippen LogP contribution in [-0.4, -0.2) is 31.0 Å². The van der Waals surface area contributed by atoms with Crippen LogP contribution >= 0.6 is 24.0 Å². The summed E-state index contributed by atoms with van der Waals surface area (Å²) < 4.78 is 45.7. The molecule has 1 heterocycles. The van der Waals surface area contributed by atoms with Crippen molar-refractivity contribution >= 4 is 46.5 Å². The van der Waals surface area contributed by atoms with E-state index in [-0.39, 0.29) is 35.7 Å². The van der Waals surface area contributed by atoms with Crippen molar-refractivity contribution in [2.75, 3.05) is 19.0 Å². The third-order valence-corrected chi connectivity index (χ3v) is 3.99. The number of fused-ring (bicyclic) bond motifs is 1. The average Bonchev–Trinajstić information content (AvgIpc) is 3.05. The first kappa shape index (κ1) is 22.7. The second-order valence-corrected chi connectivity index (χ2v) is 5.91. The maximum Gasteiger partial charge on any atom is 0.573 e. The molecule has 0 saturated heterocycles. The van der Waals surface area contributed by atoms with Crippen LogP contribution in [0.15, 0.2) is 53.7 Å². The molecular formula is C19H20F3IN4O2. The highest BCUT2D eigenvalue weighted by Gasteiger charge is 2.30. The van der Waals surface area contributed by atoms with E-state index in [2.05, 4.69) is 20.0 Å². The van der Waals surface area contributed by atoms with E-state index >= 15 is 0 Å². The number of halogens is 4. The van der Waals surface area contributed by atoms with Crippen LogP contribution in [-0.2, 0) is 6.42 Å². The van der Waals surface area contributed by atoms with Crippen molar-refractivity contribution in [1.29, 1.82) is 0 Å². The van der Waals surface area contributed by atoms with Crippen molar-refractivity contribution in [3.8, 4) is 11.5 Å². The van der Waals surface area contributed by atoms with Gasteiger partial charge >= 0.3 is 6.36 Å². The number of alkyl halides is 3. The zero-order valence-corrected chi connectivity index (χ0v) is 17.7. The number of rotatable bonds is 6. The molecule has 2 aromatic carbocycles. The lowest BCUT2D eigenvalue weighted by molar-refractivity contribution is -0.274. The molecule has 0 atom stereocenters. The van der Waals surface area contributed by atoms with Crippen LogP contribution in [0.25, 0.3) is 10.9 Å². The Hall–Kier alpha value is -2.63. The first-order valence-corrected chi connectivity index (χ1v) is 8.41. The monoisotopic (exact) mass is 520 g/mol. The Kier molecular flexibility index (Phi) is 7.59. The second kappa shape index (κ2) is 9.72. The molecule has 0 bridgehead atoms. The summed E-state index contributed by atoms with van der Waals surface area (Å²) in [5, 5.41) is 3.84. The number of nitrogens with zero attached hydrogens (tertiary/aromatic N) is 1. The lowest BCUT2D eigenvalue weighted by Crippen LogP contribution is -2.23. The SMILES string of the molecule is COc1cccc2[nH]cc(CCN=C(N)Nc3ccc(OC(F)(F)F)cc3)c12.I. The molecule has 10 heteroatoms. The summed E-state index contributed by atoms with van der Waals surface area (Å²) in [5.74, 6) is 0.642. The second-order valence-electron chi connectivity index (χ2n) is 5.91. The van der Waals surface area contributed by atoms with Gasteiger partial charge in [-0.1, -0.05) is 6.07 Å². The van der Waals surface area contributed by atoms with Crippen LogP contribution < -0.4 is 20.5 Å². The fourth-order valence-electron chi connectivity index (χ4n) is 2.81. The van der Waals surface area contributed by atoms with Gasteiger partial charge in [0.15, 0.2) is 5.96 Å². The molecule has 6 nitrogen and oxygen atoms in total. The quantitative estimate of drug-likeness (QED) is 0.251. The minimum Gasteiger partial charge on any atom is -0.496 e. The van der Waals surface area contributed by atoms with Gasteiger partial charge in [0.25, 0.3) is 0 Å². The van der Waals surface area contributed by atoms with Gasteiger partial charge in [-0.25, -0.2) is 0 Å². The topological polar surface area (TPSA) is 84.7 Å². The first-order valence-electron chi connectivity index (χ1n) is 8.41. The molecule has 1 aromatic heterocycles. The minimum atomic E-state index is -4.72. The van der Waals surface area contributed by atoms with Crippen LogP contribution in [0.4, 0.5) is 18.9 Å². The number of nitrogens with two attached hydrogens (primary N) is 1. The number of aromatic amines is 1. The molecule has 156 valence electrons. The van der Waals surface area contributed by atoms with Gasteiger partial charge in [-0.3, -0.25) is 4.99 Å². The standard InChI is InChI=1S/C19H19F3N4O2.HI/c1-27-16-4-2-3-15-17(16)12(11-25-15)9-10-24-18(23)26-13-5-7-14(8-6-13)28-19(20,21)22;/h2-8,11,25H,9-10H2,1H3,(H3,23,24,26);1H. The summed E-state index contributed by atoms with van der Waals surface area (Å²) >= 11 is 0. The normalized spacial score (nSPS) is 11.8. The Labute approximate surface area is 182 Å². The summed E-state index contributed by atoms with van der Waals surface area (Å²) in [4.78, 5) is 7.45. The summed E-state index contributed by atoms with van der Waals surface area (Å²) in [6.07, 6.45) is -2.17. The molecule has 0 fully saturated rings. The number of aliphatic imine (C=N–C) groups is 1. The number of guanidine groups is 1. The molecule has 0 aliphatic carbocycles. The third-order valence-electron chi connectivity index (χ3n) is 3.99. The van der Waals surface area contributed by atoms with Crippen molar-refractivity contribution in [2.24, 2.45) is 10.7 Å². The maximum atomic E-state index is 12.2. The van der Waals surface area contributed by atoms with Gasteiger partial charge in [0.2, 0.25) is 0 Å². The van der Waals surface area contributed by atoms with E-state index in [0.717, 1.165) is 22.2 Å². The molecular weight excluding hydrogens is 500 g/mol. The molecule has 3 rings (SSSR count). The van der Waals surface area contributed by atoms with Crippen LogP contribution in [0.3, 0.4) is 0 Å². The van der Waals surface area contributed by atoms with Crippen molar-refractivity contribution in [3.05, 3.63) is 54.2 Å². The summed E-state index contributed by atoms with van der Waals surface area (Å²) in [5.41, 5.74) is 8.38. The summed E-state index contributed by atoms with van der Waals surface area (Å²) in [6.45, 7) is 0.430. The van der Waals surface area contributed by atoms with Crippen LogP contribution in [0.1, 0.15) is 5.56 Å². The number of hydrogen-bond acceptors (Lipinski definition) is 3. The van der Waals surface area contributed by atoms with E-state index in [9.17, 15) is 13.2 Å². The van der Waals surface area contributed by atoms with Crippen molar-refractivity contribution < 1.29 is 22.6 Å². The highest BCUT2D eigenvalue weighted by Crippen LogP contribution is 2.28. The van der Waals surface area contributed by atoms with Crippen LogP contribution in [0, 0.1) is 0 Å². The summed E-state index contributed by atoms with van der Waals surface area (Å²) in [7, 11) is 1.62. The highest BCUT2D eigenvalue weighted by atomic mass is 127. The van der Waals surface area contributed by atoms with E-state index < -0.39 is 6.36 Å². The third kappa shape index (κ3) is 6.17. The average molecular weight is 520 g/mol. The lowest BCUT2D eigenvalue weighted by Gasteiger charge is -2.10. The fraction of sp³-hybridized carbons (Fsp3) is 0.211. The number of hydrogen-bond donors (Lipinski definition) is 3. The van der Waals surface area contributed by atoms with Gasteiger partial charge in [0.05, 0.1) is 7.11 Å². The Morgan fingerprint density at radius 3 is 2.55 bits per heavy atom. The molecule has 0 amide bonds. The van der Waals surface area contributed by atoms with Crippen LogP contribution in [0.5, 0.6) is 11.5 Å². The fourth-order valence-corrected chi connectivity index (χ4v) is 2.81. The molecule has 0 unspecified atom stereocenters. The number of nitrogens with one attached hydrogen (secondary N) is 2. The van der Waals surface area contributed by atoms with Gasteiger partial charge in [0.1, 0.15) is 11.5 Å². The van der Waals surface area contributed by atoms with Gasteiger partial charge < -0.3 is 25.5 Å². The first-order chi connectivity index (χ1) is 13.4. The van der Waals surface area contributed by atoms with Gasteiger partial charge in [-0.15, -0.1) is 37.1 Å². The number of H-pyrrole nitrogens is 1. The van der Waals surface area contributed by atoms with Gasteiger partial charge in [-0.05, 0) is 48.4 Å². The highest BCUT2D eigenvalue weighted by molar-refractivity contribution is 14.0. The predicted octanol–water partition coefficient (Wildman–Crippen LogP) is 4.66. The molecule has 0 aliphatic rings. The van der Waals surface area contributed by atoms with Crippen LogP contribution in [0.2, 0.25) is 0 Å². The Morgan fingerprint density at radius 1 is 1.17 bits per heavy atom. The lowest BCUT2D eigenvalue weighted by atomic mass is 10.1. The molecule has 0 spiro atoms. The number of anilines is 1. The number of methoxy groups -OCH3 is 1. The van der Waals surface area contributed by atoms with Gasteiger partial charge in [-0.2, -0.15) is 0 Å². The smallest absolute Gasteiger partial charge is 0.496 e. The zero-order chi connectivity index (χ0) is 20.1. The van der Waals surface area contributed by atoms with Crippen molar-refractivity contribution in [3.63, 3.8) is 0 Å². The number of ether oxygens (including phenoxy) is 2. The van der Waals surface area contributed by atoms with E-state index in [1.54, 1.807) is 7.11 Å². The predicted molar refractivity (Wildman–Crippen MR) is 117 cm³/mol. The minimum absolute atomic E-state index is 0. The summed E-state index contributed by atoms with van der Waals surface area (Å²) in [6, 6.07) is 11.0. The maximum absolute atomic E-state index is 12.2. The van der Waals surface area contributed by atoms with E-state index in [4.69, 9.17) is 10.5 Å². The largest absolute Gasteiger partial charge is 0.573 e. The molecule has 3 aromatic rings. The molecule has 4 N–H and O–H groups in total. The van der Waals surface area contributed by atoms with Crippen molar-refractivity contribution in [2.45, 2.75) is 12.8 Å². The van der Waals surface area contributed by atoms with Gasteiger partial charge in [0, 0.05) is 29.3 Å². The Balaban J connectivity index is 0.00000300. The molecule has 0 radical (unpaired) electrons.